The number of rotatable bonds is 6. The van der Waals surface area contributed by atoms with Gasteiger partial charge in [0.05, 0.1) is 10.9 Å². The minimum atomic E-state index is -0.347. The Balaban J connectivity index is 2.50. The summed E-state index contributed by atoms with van der Waals surface area (Å²) < 4.78 is 1.72. The number of nitrogens with two attached hydrogens (primary N) is 1. The Labute approximate surface area is 127 Å². The summed E-state index contributed by atoms with van der Waals surface area (Å²) in [6.07, 6.45) is 1.11. The molecule has 5 nitrogen and oxygen atoms in total. The molecule has 2 N–H and O–H groups in total. The lowest BCUT2D eigenvalue weighted by atomic mass is 10.2. The largest absolute Gasteiger partial charge is 0.370 e. The third kappa shape index (κ3) is 3.44. The van der Waals surface area contributed by atoms with E-state index in [1.807, 2.05) is 32.0 Å². The van der Waals surface area contributed by atoms with Crippen molar-refractivity contribution in [2.75, 3.05) is 5.75 Å². The maximum absolute atomic E-state index is 12.7. The molecule has 2 rings (SSSR count). The summed E-state index contributed by atoms with van der Waals surface area (Å²) in [6.45, 7) is 4.03. The highest BCUT2D eigenvalue weighted by atomic mass is 32.2. The Morgan fingerprint density at radius 3 is 2.81 bits per heavy atom. The predicted molar refractivity (Wildman–Crippen MR) is 85.5 cm³/mol. The van der Waals surface area contributed by atoms with Gasteiger partial charge >= 0.3 is 0 Å². The van der Waals surface area contributed by atoms with Gasteiger partial charge in [0.1, 0.15) is 0 Å². The molecule has 0 aliphatic rings. The summed E-state index contributed by atoms with van der Waals surface area (Å²) >= 11 is 1.40. The number of carbonyl (C=O) groups excluding carboxylic acids is 1. The fraction of sp³-hybridized carbons (Fsp3) is 0.400. The molecule has 0 saturated carbocycles. The molecule has 1 heterocycles. The second kappa shape index (κ2) is 6.76. The van der Waals surface area contributed by atoms with Gasteiger partial charge in [-0.2, -0.15) is 0 Å². The van der Waals surface area contributed by atoms with Crippen LogP contribution in [0.1, 0.15) is 32.7 Å². The second-order valence-corrected chi connectivity index (χ2v) is 5.97. The fourth-order valence-electron chi connectivity index (χ4n) is 2.04. The van der Waals surface area contributed by atoms with Gasteiger partial charge in [-0.1, -0.05) is 30.8 Å². The van der Waals surface area contributed by atoms with Gasteiger partial charge in [-0.05, 0) is 25.5 Å². The topological polar surface area (TPSA) is 78.0 Å². The molecule has 0 spiro atoms. The number of primary amides is 1. The van der Waals surface area contributed by atoms with Crippen LogP contribution in [-0.4, -0.2) is 21.2 Å². The third-order valence-electron chi connectivity index (χ3n) is 3.39. The summed E-state index contributed by atoms with van der Waals surface area (Å²) in [7, 11) is 0. The standard InChI is InChI=1S/C15H19N3O2S/c1-3-10(2)18-14(20)11-6-4-5-7-12(11)17-15(18)21-9-8-13(16)19/h4-7,10H,3,8-9H2,1-2H3,(H2,16,19)/t10-/m0/s1. The lowest BCUT2D eigenvalue weighted by molar-refractivity contribution is -0.117. The molecule has 6 heteroatoms. The van der Waals surface area contributed by atoms with Gasteiger partial charge in [0.15, 0.2) is 5.16 Å². The highest BCUT2D eigenvalue weighted by molar-refractivity contribution is 7.99. The first-order chi connectivity index (χ1) is 10.0. The summed E-state index contributed by atoms with van der Waals surface area (Å²) in [4.78, 5) is 28.1. The molecular weight excluding hydrogens is 286 g/mol. The lowest BCUT2D eigenvalue weighted by Gasteiger charge is -2.18. The fourth-order valence-corrected chi connectivity index (χ4v) is 3.09. The van der Waals surface area contributed by atoms with Crippen molar-refractivity contribution in [3.63, 3.8) is 0 Å². The zero-order chi connectivity index (χ0) is 15.4. The molecule has 0 bridgehead atoms. The molecule has 0 fully saturated rings. The van der Waals surface area contributed by atoms with Crippen LogP contribution >= 0.6 is 11.8 Å². The normalized spacial score (nSPS) is 12.5. The van der Waals surface area contributed by atoms with Crippen molar-refractivity contribution < 1.29 is 4.79 Å². The molecule has 0 unspecified atom stereocenters. The zero-order valence-electron chi connectivity index (χ0n) is 12.2. The number of fused-ring (bicyclic) bond motifs is 1. The van der Waals surface area contributed by atoms with Crippen molar-refractivity contribution in [3.05, 3.63) is 34.6 Å². The number of thioether (sulfide) groups is 1. The van der Waals surface area contributed by atoms with Crippen LogP contribution in [0.5, 0.6) is 0 Å². The number of amides is 1. The number of nitrogens with zero attached hydrogens (tertiary/aromatic N) is 2. The number of carbonyl (C=O) groups is 1. The maximum atomic E-state index is 12.7. The molecule has 0 saturated heterocycles. The van der Waals surface area contributed by atoms with Gasteiger partial charge < -0.3 is 5.73 Å². The van der Waals surface area contributed by atoms with Gasteiger partial charge in [0, 0.05) is 18.2 Å². The van der Waals surface area contributed by atoms with Gasteiger partial charge in [-0.3, -0.25) is 14.2 Å². The first-order valence-electron chi connectivity index (χ1n) is 6.97. The highest BCUT2D eigenvalue weighted by Crippen LogP contribution is 2.22. The van der Waals surface area contributed by atoms with E-state index < -0.39 is 0 Å². The Morgan fingerprint density at radius 2 is 2.14 bits per heavy atom. The van der Waals surface area contributed by atoms with E-state index >= 15 is 0 Å². The molecule has 0 aliphatic carbocycles. The second-order valence-electron chi connectivity index (χ2n) is 4.91. The Morgan fingerprint density at radius 1 is 1.43 bits per heavy atom. The number of hydrogen-bond donors (Lipinski definition) is 1. The molecule has 1 aromatic carbocycles. The van der Waals surface area contributed by atoms with Crippen molar-refractivity contribution in [3.8, 4) is 0 Å². The van der Waals surface area contributed by atoms with Crippen LogP contribution in [0.15, 0.2) is 34.2 Å². The van der Waals surface area contributed by atoms with E-state index in [0.717, 1.165) is 6.42 Å². The van der Waals surface area contributed by atoms with Crippen molar-refractivity contribution in [1.29, 1.82) is 0 Å². The van der Waals surface area contributed by atoms with E-state index in [1.54, 1.807) is 10.6 Å². The summed E-state index contributed by atoms with van der Waals surface area (Å²) in [6, 6.07) is 7.38. The lowest BCUT2D eigenvalue weighted by Crippen LogP contribution is -2.26. The Hall–Kier alpha value is -1.82. The number of hydrogen-bond acceptors (Lipinski definition) is 4. The third-order valence-corrected chi connectivity index (χ3v) is 4.34. The van der Waals surface area contributed by atoms with E-state index in [0.29, 0.717) is 21.8 Å². The average molecular weight is 305 g/mol. The van der Waals surface area contributed by atoms with Crippen LogP contribution in [0.4, 0.5) is 0 Å². The minimum Gasteiger partial charge on any atom is -0.370 e. The molecule has 0 aliphatic heterocycles. The van der Waals surface area contributed by atoms with Crippen molar-refractivity contribution in [2.45, 2.75) is 37.9 Å². The average Bonchev–Trinajstić information content (AvgIpc) is 2.46. The number of aromatic nitrogens is 2. The van der Waals surface area contributed by atoms with Crippen molar-refractivity contribution in [1.82, 2.24) is 9.55 Å². The van der Waals surface area contributed by atoms with Crippen LogP contribution in [0.2, 0.25) is 0 Å². The van der Waals surface area contributed by atoms with Crippen molar-refractivity contribution in [2.24, 2.45) is 5.73 Å². The Kier molecular flexibility index (Phi) is 5.01. The first-order valence-corrected chi connectivity index (χ1v) is 7.95. The SMILES string of the molecule is CC[C@H](C)n1c(SCCC(N)=O)nc2ccccc2c1=O. The summed E-state index contributed by atoms with van der Waals surface area (Å²) in [5.74, 6) is 0.178. The first kappa shape index (κ1) is 15.6. The van der Waals surface area contributed by atoms with E-state index in [9.17, 15) is 9.59 Å². The molecular formula is C15H19N3O2S. The summed E-state index contributed by atoms with van der Waals surface area (Å²) in [5.41, 5.74) is 5.81. The Bertz CT molecular complexity index is 712. The molecule has 21 heavy (non-hydrogen) atoms. The van der Waals surface area contributed by atoms with E-state index in [2.05, 4.69) is 4.98 Å². The minimum absolute atomic E-state index is 0.0310. The van der Waals surface area contributed by atoms with Crippen molar-refractivity contribution >= 4 is 28.6 Å². The molecule has 1 aromatic heterocycles. The van der Waals surface area contributed by atoms with Gasteiger partial charge in [0.25, 0.3) is 5.56 Å². The van der Waals surface area contributed by atoms with Gasteiger partial charge in [-0.15, -0.1) is 0 Å². The molecule has 0 radical (unpaired) electrons. The molecule has 2 aromatic rings. The highest BCUT2D eigenvalue weighted by Gasteiger charge is 2.15. The van der Waals surface area contributed by atoms with Crippen LogP contribution in [0.25, 0.3) is 10.9 Å². The van der Waals surface area contributed by atoms with Gasteiger partial charge in [0.2, 0.25) is 5.91 Å². The van der Waals surface area contributed by atoms with Crippen LogP contribution < -0.4 is 11.3 Å². The zero-order valence-corrected chi connectivity index (χ0v) is 13.0. The summed E-state index contributed by atoms with van der Waals surface area (Å²) in [5, 5.41) is 1.27. The monoisotopic (exact) mass is 305 g/mol. The quantitative estimate of drug-likeness (QED) is 0.656. The van der Waals surface area contributed by atoms with Gasteiger partial charge in [-0.25, -0.2) is 4.98 Å². The van der Waals surface area contributed by atoms with Crippen LogP contribution in [-0.2, 0) is 4.79 Å². The molecule has 1 amide bonds. The van der Waals surface area contributed by atoms with Crippen LogP contribution in [0, 0.1) is 0 Å². The maximum Gasteiger partial charge on any atom is 0.262 e. The van der Waals surface area contributed by atoms with Crippen LogP contribution in [0.3, 0.4) is 0 Å². The molecule has 1 atom stereocenters. The molecule has 112 valence electrons. The van der Waals surface area contributed by atoms with E-state index in [1.165, 1.54) is 11.8 Å². The number of para-hydroxylation sites is 1. The number of benzene rings is 1. The van der Waals surface area contributed by atoms with E-state index in [-0.39, 0.29) is 23.9 Å². The smallest absolute Gasteiger partial charge is 0.262 e. The predicted octanol–water partition coefficient (Wildman–Crippen LogP) is 2.33. The van der Waals surface area contributed by atoms with E-state index in [4.69, 9.17) is 5.73 Å².